The largest absolute Gasteiger partial charge is 0.462 e. The zero-order chi connectivity index (χ0) is 21.9. The van der Waals surface area contributed by atoms with Crippen LogP contribution in [0.3, 0.4) is 0 Å². The number of halogens is 1. The summed E-state index contributed by atoms with van der Waals surface area (Å²) in [6.45, 7) is 1.57. The molecule has 0 unspecified atom stereocenters. The molecular weight excluding hydrogens is 448 g/mol. The van der Waals surface area contributed by atoms with Gasteiger partial charge in [0.15, 0.2) is 0 Å². The number of hydrogen-bond acceptors (Lipinski definition) is 6. The second-order valence-electron chi connectivity index (χ2n) is 6.90. The third-order valence-corrected chi connectivity index (χ3v) is 8.07. The van der Waals surface area contributed by atoms with Gasteiger partial charge in [-0.1, -0.05) is 11.6 Å². The number of thiophene rings is 1. The number of amides is 1. The highest BCUT2D eigenvalue weighted by molar-refractivity contribution is 7.89. The summed E-state index contributed by atoms with van der Waals surface area (Å²) >= 11 is 7.17. The van der Waals surface area contributed by atoms with Crippen molar-refractivity contribution in [2.75, 3.05) is 25.5 Å². The maximum Gasteiger partial charge on any atom is 0.341 e. The monoisotopic (exact) mass is 470 g/mol. The Morgan fingerprint density at radius 2 is 1.87 bits per heavy atom. The molecule has 0 bridgehead atoms. The van der Waals surface area contributed by atoms with Gasteiger partial charge in [-0.25, -0.2) is 13.2 Å². The lowest BCUT2D eigenvalue weighted by Crippen LogP contribution is -2.35. The van der Waals surface area contributed by atoms with Gasteiger partial charge < -0.3 is 10.1 Å². The number of fused-ring (bicyclic) bond motifs is 1. The fraction of sp³-hybridized carbons (Fsp3) is 0.400. The lowest BCUT2D eigenvalue weighted by molar-refractivity contribution is -0.116. The van der Waals surface area contributed by atoms with E-state index in [1.807, 2.05) is 0 Å². The number of nitrogens with zero attached hydrogens (tertiary/aromatic N) is 1. The Labute approximate surface area is 185 Å². The van der Waals surface area contributed by atoms with E-state index in [2.05, 4.69) is 5.32 Å². The van der Waals surface area contributed by atoms with E-state index in [9.17, 15) is 18.0 Å². The average Bonchev–Trinajstić information content (AvgIpc) is 3.06. The van der Waals surface area contributed by atoms with Crippen LogP contribution < -0.4 is 5.32 Å². The predicted molar refractivity (Wildman–Crippen MR) is 117 cm³/mol. The number of hydrogen-bond donors (Lipinski definition) is 1. The number of benzene rings is 1. The number of carbonyl (C=O) groups is 2. The predicted octanol–water partition coefficient (Wildman–Crippen LogP) is 3.72. The van der Waals surface area contributed by atoms with Gasteiger partial charge in [0, 0.05) is 16.9 Å². The minimum Gasteiger partial charge on any atom is -0.462 e. The van der Waals surface area contributed by atoms with Crippen LogP contribution in [-0.2, 0) is 32.4 Å². The van der Waals surface area contributed by atoms with Crippen molar-refractivity contribution in [3.63, 3.8) is 0 Å². The molecule has 1 aromatic heterocycles. The molecule has 162 valence electrons. The van der Waals surface area contributed by atoms with E-state index in [-0.39, 0.29) is 11.5 Å². The van der Waals surface area contributed by atoms with Gasteiger partial charge in [0.2, 0.25) is 15.9 Å². The van der Waals surface area contributed by atoms with Gasteiger partial charge >= 0.3 is 5.97 Å². The van der Waals surface area contributed by atoms with E-state index in [1.54, 1.807) is 6.92 Å². The molecule has 0 aliphatic heterocycles. The van der Waals surface area contributed by atoms with Gasteiger partial charge in [0.25, 0.3) is 0 Å². The SMILES string of the molecule is CCOC(=O)c1c(NC(=O)CN(C)S(=O)(=O)c2ccc(Cl)cc2)sc2c1CCCC2. The molecule has 1 aliphatic carbocycles. The minimum atomic E-state index is -3.85. The first-order valence-electron chi connectivity index (χ1n) is 9.57. The van der Waals surface area contributed by atoms with Crippen LogP contribution in [0.4, 0.5) is 5.00 Å². The molecule has 1 aromatic carbocycles. The number of anilines is 1. The fourth-order valence-corrected chi connectivity index (χ4v) is 5.86. The topological polar surface area (TPSA) is 92.8 Å². The molecule has 30 heavy (non-hydrogen) atoms. The number of carbonyl (C=O) groups excluding carboxylic acids is 2. The van der Waals surface area contributed by atoms with Crippen LogP contribution in [0.15, 0.2) is 29.2 Å². The number of rotatable bonds is 7. The van der Waals surface area contributed by atoms with Crippen LogP contribution in [0.1, 0.15) is 40.6 Å². The second kappa shape index (κ2) is 9.47. The van der Waals surface area contributed by atoms with E-state index in [0.29, 0.717) is 15.6 Å². The molecule has 0 saturated carbocycles. The molecule has 1 N–H and O–H groups in total. The van der Waals surface area contributed by atoms with Gasteiger partial charge in [0.1, 0.15) is 5.00 Å². The van der Waals surface area contributed by atoms with Crippen LogP contribution >= 0.6 is 22.9 Å². The van der Waals surface area contributed by atoms with Crippen LogP contribution in [0.5, 0.6) is 0 Å². The van der Waals surface area contributed by atoms with Crippen LogP contribution in [0.25, 0.3) is 0 Å². The van der Waals surface area contributed by atoms with E-state index in [0.717, 1.165) is 40.4 Å². The Bertz CT molecular complexity index is 1050. The van der Waals surface area contributed by atoms with Crippen molar-refractivity contribution in [2.45, 2.75) is 37.5 Å². The van der Waals surface area contributed by atoms with Crippen molar-refractivity contribution in [3.8, 4) is 0 Å². The summed E-state index contributed by atoms with van der Waals surface area (Å²) in [5, 5.41) is 3.56. The van der Waals surface area contributed by atoms with Crippen molar-refractivity contribution in [3.05, 3.63) is 45.3 Å². The lowest BCUT2D eigenvalue weighted by atomic mass is 9.95. The van der Waals surface area contributed by atoms with Crippen molar-refractivity contribution in [2.24, 2.45) is 0 Å². The molecule has 0 saturated heterocycles. The normalized spacial score (nSPS) is 13.7. The number of nitrogens with one attached hydrogen (secondary N) is 1. The first-order chi connectivity index (χ1) is 14.2. The Balaban J connectivity index is 1.78. The molecule has 0 radical (unpaired) electrons. The van der Waals surface area contributed by atoms with E-state index in [4.69, 9.17) is 16.3 Å². The molecule has 1 heterocycles. The van der Waals surface area contributed by atoms with Crippen LogP contribution in [0.2, 0.25) is 5.02 Å². The molecule has 10 heteroatoms. The van der Waals surface area contributed by atoms with Crippen LogP contribution in [0, 0.1) is 0 Å². The zero-order valence-electron chi connectivity index (χ0n) is 16.7. The zero-order valence-corrected chi connectivity index (χ0v) is 19.1. The number of likely N-dealkylation sites (N-methyl/N-ethyl adjacent to an activating group) is 1. The molecular formula is C20H23ClN2O5S2. The molecule has 3 rings (SSSR count). The molecule has 0 fully saturated rings. The van der Waals surface area contributed by atoms with Gasteiger partial charge in [-0.15, -0.1) is 11.3 Å². The highest BCUT2D eigenvalue weighted by atomic mass is 35.5. The highest BCUT2D eigenvalue weighted by Gasteiger charge is 2.28. The van der Waals surface area contributed by atoms with Gasteiger partial charge in [-0.05, 0) is 62.4 Å². The Morgan fingerprint density at radius 1 is 1.20 bits per heavy atom. The fourth-order valence-electron chi connectivity index (χ4n) is 3.31. The van der Waals surface area contributed by atoms with Crippen molar-refractivity contribution in [1.29, 1.82) is 0 Å². The number of sulfonamides is 1. The van der Waals surface area contributed by atoms with E-state index in [1.165, 1.54) is 42.6 Å². The summed E-state index contributed by atoms with van der Waals surface area (Å²) in [5.74, 6) is -0.992. The van der Waals surface area contributed by atoms with Gasteiger partial charge in [-0.3, -0.25) is 4.79 Å². The van der Waals surface area contributed by atoms with Gasteiger partial charge in [0.05, 0.1) is 23.6 Å². The lowest BCUT2D eigenvalue weighted by Gasteiger charge is -2.17. The summed E-state index contributed by atoms with van der Waals surface area (Å²) in [6, 6.07) is 5.73. The molecule has 0 atom stereocenters. The molecule has 7 nitrogen and oxygen atoms in total. The summed E-state index contributed by atoms with van der Waals surface area (Å²) < 4.78 is 31.5. The standard InChI is InChI=1S/C20H23ClN2O5S2/c1-3-28-20(25)18-15-6-4-5-7-16(15)29-19(18)22-17(24)12-23(2)30(26,27)14-10-8-13(21)9-11-14/h8-11H,3-7,12H2,1-2H3,(H,22,24). The Kier molecular flexibility index (Phi) is 7.18. The van der Waals surface area contributed by atoms with E-state index < -0.39 is 28.4 Å². The van der Waals surface area contributed by atoms with E-state index >= 15 is 0 Å². The van der Waals surface area contributed by atoms with Crippen molar-refractivity contribution >= 4 is 49.8 Å². The second-order valence-corrected chi connectivity index (χ2v) is 10.5. The summed E-state index contributed by atoms with van der Waals surface area (Å²) in [6.07, 6.45) is 3.63. The number of aryl methyl sites for hydroxylation is 1. The summed E-state index contributed by atoms with van der Waals surface area (Å²) in [5.41, 5.74) is 1.33. The minimum absolute atomic E-state index is 0.0426. The summed E-state index contributed by atoms with van der Waals surface area (Å²) in [7, 11) is -2.53. The third-order valence-electron chi connectivity index (χ3n) is 4.79. The molecule has 1 amide bonds. The smallest absolute Gasteiger partial charge is 0.341 e. The maximum atomic E-state index is 12.7. The third kappa shape index (κ3) is 4.85. The first kappa shape index (κ1) is 22.7. The molecule has 2 aromatic rings. The highest BCUT2D eigenvalue weighted by Crippen LogP contribution is 2.38. The Hall–Kier alpha value is -1.94. The van der Waals surface area contributed by atoms with Crippen molar-refractivity contribution < 1.29 is 22.7 Å². The Morgan fingerprint density at radius 3 is 2.53 bits per heavy atom. The average molecular weight is 471 g/mol. The van der Waals surface area contributed by atoms with Gasteiger partial charge in [-0.2, -0.15) is 4.31 Å². The number of esters is 1. The molecule has 0 spiro atoms. The summed E-state index contributed by atoms with van der Waals surface area (Å²) in [4.78, 5) is 26.2. The molecule has 1 aliphatic rings. The number of ether oxygens (including phenoxy) is 1. The first-order valence-corrected chi connectivity index (χ1v) is 12.2. The maximum absolute atomic E-state index is 12.7. The quantitative estimate of drug-likeness (QED) is 0.622. The van der Waals surface area contributed by atoms with Crippen LogP contribution in [-0.4, -0.2) is 44.8 Å². The van der Waals surface area contributed by atoms with Crippen molar-refractivity contribution in [1.82, 2.24) is 4.31 Å².